The molecule has 2 atom stereocenters. The molecule has 1 aliphatic carbocycles. The number of hydrogen-bond acceptors (Lipinski definition) is 2. The molecule has 0 unspecified atom stereocenters. The Labute approximate surface area is 162 Å². The van der Waals surface area contributed by atoms with Crippen LogP contribution in [0.3, 0.4) is 0 Å². The summed E-state index contributed by atoms with van der Waals surface area (Å²) in [5, 5.41) is 7.42. The van der Waals surface area contributed by atoms with Crippen LogP contribution < -0.4 is 10.6 Å². The van der Waals surface area contributed by atoms with E-state index in [1.807, 2.05) is 0 Å². The van der Waals surface area contributed by atoms with E-state index in [0.717, 1.165) is 30.7 Å². The molecule has 0 saturated carbocycles. The van der Waals surface area contributed by atoms with Gasteiger partial charge in [0.1, 0.15) is 0 Å². The third kappa shape index (κ3) is 5.55. The van der Waals surface area contributed by atoms with Crippen LogP contribution in [0.4, 0.5) is 0 Å². The third-order valence-electron chi connectivity index (χ3n) is 5.23. The average Bonchev–Trinajstić information content (AvgIpc) is 2.59. The van der Waals surface area contributed by atoms with Gasteiger partial charge in [0.2, 0.25) is 0 Å². The number of allylic oxidation sites excluding steroid dienone is 2. The largest absolute Gasteiger partial charge is 0.305 e. The van der Waals surface area contributed by atoms with Crippen LogP contribution in [-0.2, 0) is 6.54 Å². The van der Waals surface area contributed by atoms with E-state index in [4.69, 9.17) is 0 Å². The molecule has 144 valence electrons. The number of rotatable bonds is 9. The van der Waals surface area contributed by atoms with Crippen LogP contribution in [0.25, 0.3) is 0 Å². The molecule has 0 aromatic heterocycles. The Morgan fingerprint density at radius 3 is 2.23 bits per heavy atom. The maximum atomic E-state index is 4.24. The van der Waals surface area contributed by atoms with E-state index in [1.165, 1.54) is 28.7 Å². The lowest BCUT2D eigenvalue weighted by Crippen LogP contribution is -2.49. The summed E-state index contributed by atoms with van der Waals surface area (Å²) in [5.74, 6) is 0. The van der Waals surface area contributed by atoms with Crippen LogP contribution in [0.5, 0.6) is 0 Å². The van der Waals surface area contributed by atoms with Gasteiger partial charge in [0.25, 0.3) is 0 Å². The molecule has 1 aliphatic rings. The highest BCUT2D eigenvalue weighted by Crippen LogP contribution is 2.19. The summed E-state index contributed by atoms with van der Waals surface area (Å²) in [5.41, 5.74) is 7.79. The second-order valence-corrected chi connectivity index (χ2v) is 7.58. The Balaban J connectivity index is 0.00000364. The molecule has 0 spiro atoms. The van der Waals surface area contributed by atoms with Crippen LogP contribution in [0.1, 0.15) is 47.6 Å². The monoisotopic (exact) mass is 354 g/mol. The van der Waals surface area contributed by atoms with Crippen LogP contribution >= 0.6 is 0 Å². The Hall–Kier alpha value is -1.90. The number of aryl methyl sites for hydroxylation is 1. The normalized spacial score (nSPS) is 16.5. The van der Waals surface area contributed by atoms with E-state index in [2.05, 4.69) is 87.9 Å². The molecule has 1 aromatic carbocycles. The highest BCUT2D eigenvalue weighted by molar-refractivity contribution is 5.31. The Morgan fingerprint density at radius 1 is 1.04 bits per heavy atom. The third-order valence-corrected chi connectivity index (χ3v) is 5.23. The second kappa shape index (κ2) is 9.70. The van der Waals surface area contributed by atoms with Crippen molar-refractivity contribution >= 4 is 0 Å². The van der Waals surface area contributed by atoms with Crippen molar-refractivity contribution in [3.8, 4) is 0 Å². The molecule has 2 N–H and O–H groups in total. The van der Waals surface area contributed by atoms with Gasteiger partial charge >= 0.3 is 0 Å². The first-order valence-corrected chi connectivity index (χ1v) is 9.57. The van der Waals surface area contributed by atoms with Gasteiger partial charge in [-0.15, -0.1) is 0 Å². The lowest BCUT2D eigenvalue weighted by molar-refractivity contribution is 0.450. The van der Waals surface area contributed by atoms with Crippen molar-refractivity contribution < 1.29 is 2.85 Å². The van der Waals surface area contributed by atoms with Gasteiger partial charge in [-0.25, -0.2) is 0 Å². The smallest absolute Gasteiger partial charge is 0.0471 e. The zero-order valence-electron chi connectivity index (χ0n) is 16.9. The molecular weight excluding hydrogens is 316 g/mol. The molecule has 26 heavy (non-hydrogen) atoms. The van der Waals surface area contributed by atoms with E-state index in [0.29, 0.717) is 0 Å². The van der Waals surface area contributed by atoms with E-state index < -0.39 is 0 Å². The summed E-state index contributed by atoms with van der Waals surface area (Å²) in [7, 11) is 0. The zero-order valence-corrected chi connectivity index (χ0v) is 16.9. The molecule has 2 nitrogen and oxygen atoms in total. The van der Waals surface area contributed by atoms with E-state index in [1.54, 1.807) is 0 Å². The molecule has 0 saturated heterocycles. The van der Waals surface area contributed by atoms with Gasteiger partial charge in [0, 0.05) is 28.0 Å². The summed E-state index contributed by atoms with van der Waals surface area (Å²) in [6, 6.07) is 8.83. The molecule has 0 heterocycles. The maximum absolute atomic E-state index is 4.24. The summed E-state index contributed by atoms with van der Waals surface area (Å²) in [6.45, 7) is 18.8. The van der Waals surface area contributed by atoms with Gasteiger partial charge in [-0.05, 0) is 57.2 Å². The first kappa shape index (κ1) is 20.4. The summed E-state index contributed by atoms with van der Waals surface area (Å²) in [6.07, 6.45) is 6.86. The average molecular weight is 355 g/mol. The SMILES string of the molecule is C=C(C)[C@H](NCC1=C(C)CCC=C1)[C@@H](NCc1ccccc1C)C(=C)C.[HH].[HH]. The van der Waals surface area contributed by atoms with Crippen molar-refractivity contribution in [2.45, 2.75) is 59.2 Å². The van der Waals surface area contributed by atoms with Gasteiger partial charge in [-0.1, -0.05) is 66.3 Å². The molecule has 0 fully saturated rings. The first-order chi connectivity index (χ1) is 12.4. The van der Waals surface area contributed by atoms with Crippen LogP contribution in [-0.4, -0.2) is 18.6 Å². The Bertz CT molecular complexity index is 719. The predicted octanol–water partition coefficient (Wildman–Crippen LogP) is 5.72. The van der Waals surface area contributed by atoms with Crippen molar-refractivity contribution in [2.75, 3.05) is 6.54 Å². The fourth-order valence-corrected chi connectivity index (χ4v) is 3.44. The number of hydrogen-bond donors (Lipinski definition) is 2. The van der Waals surface area contributed by atoms with Crippen LogP contribution in [0.15, 0.2) is 71.9 Å². The molecule has 0 radical (unpaired) electrons. The number of nitrogens with one attached hydrogen (secondary N) is 2. The molecule has 0 aliphatic heterocycles. The standard InChI is InChI=1S/C24H34N2.2H2/c1-17(2)23(25-15-21-13-9-7-11-19(21)5)24(18(3)4)26-16-22-14-10-8-12-20(22)6;;/h7,9-11,13-14,23-26H,1,3,8,12,15-16H2,2,4-6H3;2*1H/t23-,24-;;/m0../s1. The molecule has 2 heteroatoms. The fraction of sp³-hybridized carbons (Fsp3) is 0.417. The van der Waals surface area contributed by atoms with Crippen molar-refractivity contribution in [2.24, 2.45) is 0 Å². The molecule has 0 amide bonds. The quantitative estimate of drug-likeness (QED) is 0.554. The number of benzene rings is 1. The lowest BCUT2D eigenvalue weighted by Gasteiger charge is -2.31. The predicted molar refractivity (Wildman–Crippen MR) is 119 cm³/mol. The Kier molecular flexibility index (Phi) is 7.62. The van der Waals surface area contributed by atoms with Gasteiger partial charge in [-0.2, -0.15) is 0 Å². The topological polar surface area (TPSA) is 24.1 Å². The Morgan fingerprint density at radius 2 is 1.65 bits per heavy atom. The minimum Gasteiger partial charge on any atom is -0.305 e. The summed E-state index contributed by atoms with van der Waals surface area (Å²) >= 11 is 0. The summed E-state index contributed by atoms with van der Waals surface area (Å²) in [4.78, 5) is 0. The van der Waals surface area contributed by atoms with E-state index in [9.17, 15) is 0 Å². The highest BCUT2D eigenvalue weighted by atomic mass is 15.0. The maximum Gasteiger partial charge on any atom is 0.0471 e. The summed E-state index contributed by atoms with van der Waals surface area (Å²) < 4.78 is 0. The van der Waals surface area contributed by atoms with Crippen molar-refractivity contribution in [1.29, 1.82) is 0 Å². The van der Waals surface area contributed by atoms with Crippen molar-refractivity contribution in [3.63, 3.8) is 0 Å². The molecule has 0 bridgehead atoms. The van der Waals surface area contributed by atoms with E-state index >= 15 is 0 Å². The second-order valence-electron chi connectivity index (χ2n) is 7.58. The van der Waals surface area contributed by atoms with Crippen LogP contribution in [0.2, 0.25) is 0 Å². The van der Waals surface area contributed by atoms with Gasteiger partial charge in [0.05, 0.1) is 0 Å². The molecule has 1 aromatic rings. The van der Waals surface area contributed by atoms with Gasteiger partial charge in [-0.3, -0.25) is 0 Å². The van der Waals surface area contributed by atoms with E-state index in [-0.39, 0.29) is 14.9 Å². The van der Waals surface area contributed by atoms with Crippen LogP contribution in [0, 0.1) is 6.92 Å². The van der Waals surface area contributed by atoms with Gasteiger partial charge in [0.15, 0.2) is 0 Å². The zero-order chi connectivity index (χ0) is 19.1. The molecule has 2 rings (SSSR count). The van der Waals surface area contributed by atoms with Crippen molar-refractivity contribution in [3.05, 3.63) is 83.0 Å². The highest BCUT2D eigenvalue weighted by Gasteiger charge is 2.22. The lowest BCUT2D eigenvalue weighted by atomic mass is 9.94. The first-order valence-electron chi connectivity index (χ1n) is 9.57. The van der Waals surface area contributed by atoms with Crippen molar-refractivity contribution in [1.82, 2.24) is 10.6 Å². The fourth-order valence-electron chi connectivity index (χ4n) is 3.44. The minimum absolute atomic E-state index is 0. The minimum atomic E-state index is 0. The molecular formula is C24H38N2. The van der Waals surface area contributed by atoms with Gasteiger partial charge < -0.3 is 10.6 Å².